The Hall–Kier alpha value is -11.9. The number of nitrogens with zero attached hydrogens (tertiary/aromatic N) is 3. The van der Waals surface area contributed by atoms with Crippen LogP contribution < -0.4 is 0 Å². The van der Waals surface area contributed by atoms with Crippen molar-refractivity contribution in [1.82, 2.24) is 13.3 Å². The van der Waals surface area contributed by atoms with Crippen LogP contribution >= 0.6 is 34.4 Å². The van der Waals surface area contributed by atoms with Gasteiger partial charge in [-0.1, -0.05) is 84.1 Å². The van der Waals surface area contributed by atoms with E-state index < -0.39 is 5.41 Å². The summed E-state index contributed by atoms with van der Waals surface area (Å²) in [6, 6.07) is 41.8. The lowest BCUT2D eigenvalue weighted by atomic mass is 9.78. The van der Waals surface area contributed by atoms with Gasteiger partial charge in [-0.2, -0.15) is 8.75 Å². The second-order valence-corrected chi connectivity index (χ2v) is 19.5. The van der Waals surface area contributed by atoms with E-state index in [1.165, 1.54) is 11.7 Å². The Labute approximate surface area is 472 Å². The molecule has 1 aliphatic carbocycles. The molecule has 10 rings (SSSR count). The van der Waals surface area contributed by atoms with E-state index in [1.54, 1.807) is 22.7 Å². The maximum Gasteiger partial charge on any atom is 0.145 e. The summed E-state index contributed by atoms with van der Waals surface area (Å²) in [4.78, 5) is 4.29. The minimum Gasteiger partial charge on any atom is -0.268 e. The van der Waals surface area contributed by atoms with Crippen LogP contribution in [0.15, 0.2) is 109 Å². The molecular weight excluding hydrogens is 1020 g/mol. The molecule has 0 unspecified atom stereocenters. The number of hydrogen-bond donors (Lipinski definition) is 0. The van der Waals surface area contributed by atoms with Crippen molar-refractivity contribution in [2.75, 3.05) is 0 Å². The van der Waals surface area contributed by atoms with Gasteiger partial charge in [-0.3, -0.25) is 4.57 Å². The van der Waals surface area contributed by atoms with Gasteiger partial charge in [-0.25, -0.2) is 0 Å². The molecule has 0 bridgehead atoms. The molecule has 4 heterocycles. The molecule has 352 valence electrons. The molecule has 0 atom stereocenters. The highest BCUT2D eigenvalue weighted by atomic mass is 32.1. The zero-order valence-corrected chi connectivity index (χ0v) is 44.1. The molecule has 9 aromatic rings. The molecule has 0 N–H and O–H groups in total. The van der Waals surface area contributed by atoms with E-state index in [2.05, 4.69) is 288 Å². The molecule has 3 nitrogen and oxygen atoms in total. The molecule has 0 radical (unpaired) electrons. The third kappa shape index (κ3) is 10.7. The van der Waals surface area contributed by atoms with Gasteiger partial charge in [0.2, 0.25) is 0 Å². The van der Waals surface area contributed by atoms with Crippen molar-refractivity contribution in [2.45, 2.75) is 19.3 Å². The molecule has 0 saturated heterocycles. The summed E-state index contributed by atoms with van der Waals surface area (Å²) in [5.74, 6) is 75.5. The summed E-state index contributed by atoms with van der Waals surface area (Å²) in [5.41, 5.74) is 12.7. The number of fused-ring (bicyclic) bond motifs is 7. The van der Waals surface area contributed by atoms with Crippen LogP contribution in [0.1, 0.15) is 22.3 Å². The molecular formula is C73H27N3S3. The molecule has 0 fully saturated rings. The van der Waals surface area contributed by atoms with Crippen LogP contribution in [0.4, 0.5) is 0 Å². The minimum atomic E-state index is -1.09. The fourth-order valence-electron chi connectivity index (χ4n) is 8.81. The maximum atomic E-state index is 5.22. The Morgan fingerprint density at radius 1 is 0.380 bits per heavy atom. The SMILES string of the molecule is C#CC#CC#CC#CC#CC#Cn1c2cc(C)ccc2c2ccc(-c3ccc(-c4ccc(-c5ccc(-c6ccc7c(c6)C(C#CC#CC#CC#CC#C)(C#CC#CC#CC#CC#C)c6cc(C)ccc6-7)s5)c5nsnc45)s3)cc21. The highest BCUT2D eigenvalue weighted by Gasteiger charge is 2.41. The lowest BCUT2D eigenvalue weighted by Gasteiger charge is -2.20. The Morgan fingerprint density at radius 3 is 1.32 bits per heavy atom. The lowest BCUT2D eigenvalue weighted by Crippen LogP contribution is -2.21. The first-order chi connectivity index (χ1) is 38.9. The van der Waals surface area contributed by atoms with Gasteiger partial charge in [-0.15, -0.1) is 41.9 Å². The third-order valence-electron chi connectivity index (χ3n) is 12.1. The summed E-state index contributed by atoms with van der Waals surface area (Å²) in [6.07, 6.45) is 15.6. The average molecular weight is 1040 g/mol. The maximum absolute atomic E-state index is 5.22. The van der Waals surface area contributed by atoms with Gasteiger partial charge in [0.25, 0.3) is 0 Å². The van der Waals surface area contributed by atoms with E-state index in [-0.39, 0.29) is 0 Å². The first-order valence-electron chi connectivity index (χ1n) is 23.6. The summed E-state index contributed by atoms with van der Waals surface area (Å²) in [7, 11) is 0. The number of aryl methyl sites for hydroxylation is 2. The zero-order chi connectivity index (χ0) is 54.4. The molecule has 0 spiro atoms. The van der Waals surface area contributed by atoms with Crippen molar-refractivity contribution < 1.29 is 0 Å². The van der Waals surface area contributed by atoms with Crippen LogP contribution in [0.2, 0.25) is 0 Å². The van der Waals surface area contributed by atoms with Gasteiger partial charge >= 0.3 is 0 Å². The first kappa shape index (κ1) is 50.6. The van der Waals surface area contributed by atoms with Crippen molar-refractivity contribution >= 4 is 67.2 Å². The van der Waals surface area contributed by atoms with Gasteiger partial charge in [-0.05, 0) is 220 Å². The fraction of sp³-hybridized carbons (Fsp3) is 0.0411. The topological polar surface area (TPSA) is 30.7 Å². The normalized spacial score (nSPS) is 9.91. The average Bonchev–Trinajstić information content (AvgIpc) is 4.53. The number of hydrogen-bond acceptors (Lipinski definition) is 5. The van der Waals surface area contributed by atoms with Crippen LogP contribution in [0.25, 0.3) is 85.7 Å². The number of rotatable bonds is 4. The van der Waals surface area contributed by atoms with E-state index in [4.69, 9.17) is 28.0 Å². The van der Waals surface area contributed by atoms with Crippen LogP contribution in [-0.4, -0.2) is 13.3 Å². The monoisotopic (exact) mass is 1040 g/mol. The van der Waals surface area contributed by atoms with Gasteiger partial charge < -0.3 is 0 Å². The molecule has 79 heavy (non-hydrogen) atoms. The lowest BCUT2D eigenvalue weighted by molar-refractivity contribution is 0.916. The molecule has 1 aliphatic rings. The van der Waals surface area contributed by atoms with Crippen molar-refractivity contribution in [3.8, 4) is 244 Å². The fourth-order valence-corrected chi connectivity index (χ4v) is 11.4. The molecule has 6 heteroatoms. The highest BCUT2D eigenvalue weighted by Crippen LogP contribution is 2.51. The minimum absolute atomic E-state index is 0.842. The molecule has 4 aromatic heterocycles. The highest BCUT2D eigenvalue weighted by molar-refractivity contribution is 7.19. The van der Waals surface area contributed by atoms with Crippen LogP contribution in [0.5, 0.6) is 0 Å². The van der Waals surface area contributed by atoms with Crippen LogP contribution in [-0.2, 0) is 5.41 Å². The Bertz CT molecular complexity index is 5100. The van der Waals surface area contributed by atoms with E-state index >= 15 is 0 Å². The predicted molar refractivity (Wildman–Crippen MR) is 327 cm³/mol. The van der Waals surface area contributed by atoms with Crippen molar-refractivity contribution in [3.63, 3.8) is 0 Å². The van der Waals surface area contributed by atoms with Gasteiger partial charge in [0.05, 0.1) is 22.8 Å². The van der Waals surface area contributed by atoms with E-state index in [1.807, 2.05) is 11.5 Å². The molecule has 0 amide bonds. The van der Waals surface area contributed by atoms with Crippen molar-refractivity contribution in [2.24, 2.45) is 0 Å². The quantitative estimate of drug-likeness (QED) is 0.165. The van der Waals surface area contributed by atoms with Gasteiger partial charge in [0.1, 0.15) is 16.4 Å². The summed E-state index contributed by atoms with van der Waals surface area (Å²) < 4.78 is 11.7. The third-order valence-corrected chi connectivity index (χ3v) is 14.9. The first-order valence-corrected chi connectivity index (χ1v) is 26.0. The second kappa shape index (κ2) is 23.5. The molecule has 0 saturated carbocycles. The van der Waals surface area contributed by atoms with Crippen molar-refractivity contribution in [3.05, 3.63) is 131 Å². The number of aromatic nitrogens is 3. The van der Waals surface area contributed by atoms with Crippen LogP contribution in [0.3, 0.4) is 0 Å². The number of terminal acetylenes is 3. The van der Waals surface area contributed by atoms with Gasteiger partial charge in [0, 0.05) is 77.1 Å². The zero-order valence-electron chi connectivity index (χ0n) is 41.7. The summed E-state index contributed by atoms with van der Waals surface area (Å²) in [5, 5.41) is 2.20. The Morgan fingerprint density at radius 2 is 0.772 bits per heavy atom. The van der Waals surface area contributed by atoms with E-state index in [0.717, 1.165) is 108 Å². The predicted octanol–water partition coefficient (Wildman–Crippen LogP) is 12.2. The van der Waals surface area contributed by atoms with E-state index in [0.29, 0.717) is 0 Å². The van der Waals surface area contributed by atoms with E-state index in [9.17, 15) is 0 Å². The molecule has 0 aliphatic heterocycles. The van der Waals surface area contributed by atoms with Crippen molar-refractivity contribution in [1.29, 1.82) is 0 Å². The number of thiophene rings is 2. The smallest absolute Gasteiger partial charge is 0.145 e. The summed E-state index contributed by atoms with van der Waals surface area (Å²) in [6.45, 7) is 4.12. The Balaban J connectivity index is 0.976. The largest absolute Gasteiger partial charge is 0.268 e. The standard InChI is InChI=1S/C73H27N3S3/c1-6-9-12-15-18-21-22-25-28-31-48-76-65-50-54(5)33-37-59(65)60-39-35-56(52-66(60)76)68-43-45-70(78-68)62-41-40-61(71-72(62)75-79-74-71)69-44-42-67(77-69)55-34-38-58-57-36-32-53(4)49-63(57)73(64(58)51-55,46-29-26-23-19-16-13-10-7-2)47-30-27-24-20-17-14-11-8-3/h1-3,32-45,49-52H,4-5H3. The Kier molecular flexibility index (Phi) is 15.1. The molecule has 5 aromatic carbocycles. The van der Waals surface area contributed by atoms with Gasteiger partial charge in [0.15, 0.2) is 0 Å². The summed E-state index contributed by atoms with van der Waals surface area (Å²) >= 11 is 4.59. The second-order valence-electron chi connectivity index (χ2n) is 16.8. The number of benzene rings is 5. The van der Waals surface area contributed by atoms with Crippen LogP contribution in [0, 0.1) is 205 Å².